The summed E-state index contributed by atoms with van der Waals surface area (Å²) in [6.07, 6.45) is 1.82. The van der Waals surface area contributed by atoms with Gasteiger partial charge in [0, 0.05) is 22.6 Å². The molecule has 3 fully saturated rings. The summed E-state index contributed by atoms with van der Waals surface area (Å²) >= 11 is 12.7. The van der Waals surface area contributed by atoms with Crippen molar-refractivity contribution in [3.8, 4) is 23.0 Å². The van der Waals surface area contributed by atoms with Crippen molar-refractivity contribution >= 4 is 64.2 Å². The number of carbonyl (C=O) groups is 5. The highest BCUT2D eigenvalue weighted by atomic mass is 35.5. The van der Waals surface area contributed by atoms with E-state index in [2.05, 4.69) is 5.43 Å². The highest BCUT2D eigenvalue weighted by molar-refractivity contribution is 6.36. The highest BCUT2D eigenvalue weighted by Crippen LogP contribution is 2.66. The molecule has 2 aliphatic heterocycles. The molecule has 6 atom stereocenters. The second-order valence-electron chi connectivity index (χ2n) is 14.1. The van der Waals surface area contributed by atoms with Crippen molar-refractivity contribution in [1.29, 1.82) is 0 Å². The number of ether oxygens (including phenoxy) is 2. The van der Waals surface area contributed by atoms with Crippen molar-refractivity contribution in [3.63, 3.8) is 0 Å². The number of nitrogens with zero attached hydrogens (tertiary/aromatic N) is 2. The normalized spacial score (nSPS) is 25.4. The Morgan fingerprint density at radius 2 is 1.61 bits per heavy atom. The number of carbonyl (C=O) groups excluding carboxylic acids is 4. The summed E-state index contributed by atoms with van der Waals surface area (Å²) in [4.78, 5) is 71.7. The van der Waals surface area contributed by atoms with E-state index in [-0.39, 0.29) is 46.3 Å². The van der Waals surface area contributed by atoms with Gasteiger partial charge < -0.3 is 24.8 Å². The minimum Gasteiger partial charge on any atom is -0.508 e. The number of halogens is 2. The Bertz CT molecular complexity index is 2400. The maximum absolute atomic E-state index is 15.5. The number of anilines is 2. The van der Waals surface area contributed by atoms with Gasteiger partial charge in [-0.2, -0.15) is 5.01 Å². The summed E-state index contributed by atoms with van der Waals surface area (Å²) in [5.41, 5.74) is 2.17. The number of imide groups is 2. The van der Waals surface area contributed by atoms with E-state index in [4.69, 9.17) is 32.7 Å². The Morgan fingerprint density at radius 3 is 2.27 bits per heavy atom. The van der Waals surface area contributed by atoms with Crippen LogP contribution < -0.4 is 19.8 Å². The quantitative estimate of drug-likeness (QED) is 0.116. The molecule has 4 aliphatic rings. The van der Waals surface area contributed by atoms with Crippen molar-refractivity contribution in [3.05, 3.63) is 117 Å². The molecule has 2 heterocycles. The van der Waals surface area contributed by atoms with Gasteiger partial charge in [0.2, 0.25) is 11.8 Å². The second-order valence-corrected chi connectivity index (χ2v) is 15.0. The lowest BCUT2D eigenvalue weighted by atomic mass is 9.49. The van der Waals surface area contributed by atoms with Crippen molar-refractivity contribution in [2.45, 2.75) is 24.2 Å². The summed E-state index contributed by atoms with van der Waals surface area (Å²) in [6.45, 7) is 0. The van der Waals surface area contributed by atoms with Crippen LogP contribution in [0.3, 0.4) is 0 Å². The smallest absolute Gasteiger partial charge is 0.339 e. The third kappa shape index (κ3) is 5.32. The maximum Gasteiger partial charge on any atom is 0.339 e. The molecule has 0 radical (unpaired) electrons. The van der Waals surface area contributed by atoms with Gasteiger partial charge >= 0.3 is 5.97 Å². The fraction of sp³-hybridized carbons (Fsp3) is 0.244. The van der Waals surface area contributed by atoms with Gasteiger partial charge in [0.15, 0.2) is 0 Å². The number of rotatable bonds is 8. The zero-order valence-corrected chi connectivity index (χ0v) is 31.2. The summed E-state index contributed by atoms with van der Waals surface area (Å²) in [6, 6.07) is 19.4. The van der Waals surface area contributed by atoms with E-state index in [1.807, 2.05) is 6.08 Å². The molecule has 0 aromatic heterocycles. The number of phenols is 2. The van der Waals surface area contributed by atoms with Gasteiger partial charge in [-0.3, -0.25) is 24.6 Å². The van der Waals surface area contributed by atoms with Gasteiger partial charge in [0.05, 0.1) is 53.8 Å². The molecule has 56 heavy (non-hydrogen) atoms. The molecule has 2 saturated heterocycles. The zero-order chi connectivity index (χ0) is 39.8. The van der Waals surface area contributed by atoms with Crippen LogP contribution >= 0.6 is 23.2 Å². The minimum absolute atomic E-state index is 0.0110. The van der Waals surface area contributed by atoms with Crippen LogP contribution in [0.15, 0.2) is 90.5 Å². The van der Waals surface area contributed by atoms with Crippen LogP contribution in [0.25, 0.3) is 0 Å². The molecule has 4 aromatic rings. The lowest BCUT2D eigenvalue weighted by molar-refractivity contribution is -0.138. The third-order valence-corrected chi connectivity index (χ3v) is 12.1. The number of allylic oxidation sites excluding steroid dienone is 2. The predicted molar refractivity (Wildman–Crippen MR) is 203 cm³/mol. The van der Waals surface area contributed by atoms with Crippen molar-refractivity contribution in [1.82, 2.24) is 5.01 Å². The first-order chi connectivity index (χ1) is 26.8. The molecule has 0 bridgehead atoms. The molecule has 4 amide bonds. The van der Waals surface area contributed by atoms with Crippen LogP contribution in [0.2, 0.25) is 10.0 Å². The number of hydrogen-bond donors (Lipinski definition) is 4. The van der Waals surface area contributed by atoms with Crippen LogP contribution in [0.4, 0.5) is 11.4 Å². The van der Waals surface area contributed by atoms with Crippen molar-refractivity contribution in [2.75, 3.05) is 24.5 Å². The first kappa shape index (κ1) is 36.9. The van der Waals surface area contributed by atoms with Crippen molar-refractivity contribution in [2.24, 2.45) is 23.7 Å². The topological polar surface area (TPSA) is 183 Å². The van der Waals surface area contributed by atoms with Gasteiger partial charge in [-0.1, -0.05) is 53.1 Å². The molecule has 13 nitrogen and oxygen atoms in total. The van der Waals surface area contributed by atoms with E-state index < -0.39 is 75.9 Å². The number of methoxy groups -OCH3 is 2. The van der Waals surface area contributed by atoms with E-state index in [9.17, 15) is 34.5 Å². The van der Waals surface area contributed by atoms with E-state index in [0.29, 0.717) is 21.9 Å². The Hall–Kier alpha value is -6.05. The molecule has 1 saturated carbocycles. The number of fused-ring (bicyclic) bond motifs is 4. The molecule has 15 heteroatoms. The molecule has 0 spiro atoms. The Labute approximate surface area is 329 Å². The fourth-order valence-corrected chi connectivity index (χ4v) is 9.70. The second kappa shape index (κ2) is 13.6. The van der Waals surface area contributed by atoms with Gasteiger partial charge in [0.1, 0.15) is 28.6 Å². The highest BCUT2D eigenvalue weighted by Gasteiger charge is 2.71. The molecule has 4 aromatic carbocycles. The number of phenolic OH excluding ortho intramolecular Hbond substituents is 1. The van der Waals surface area contributed by atoms with E-state index in [1.165, 1.54) is 38.5 Å². The minimum atomic E-state index is -1.75. The monoisotopic (exact) mass is 797 g/mol. The number of aromatic hydroxyl groups is 2. The summed E-state index contributed by atoms with van der Waals surface area (Å²) in [5.74, 6) is -8.98. The summed E-state index contributed by atoms with van der Waals surface area (Å²) in [7, 11) is 2.92. The number of benzene rings is 4. The molecular weight excluding hydrogens is 765 g/mol. The average molecular weight is 799 g/mol. The van der Waals surface area contributed by atoms with Gasteiger partial charge in [-0.25, -0.2) is 9.69 Å². The number of carboxylic acid groups (broad SMARTS) is 1. The summed E-state index contributed by atoms with van der Waals surface area (Å²) < 4.78 is 11.3. The third-order valence-electron chi connectivity index (χ3n) is 11.6. The molecule has 8 rings (SSSR count). The number of hydrazine groups is 1. The SMILES string of the molecule is COc1ccc([C@@]23C(=O)N(Nc4ccc(Cl)cc4Cl)C(=O)[C@@H]2C[C@@H]2C(=CC[C@@H]4C(=O)N(c5ccc(C(=O)O)c(O)c5)C(=O)[C@@H]42)[C@@H]3c2c(O)cccc2OC)cc1. The molecule has 4 N–H and O–H groups in total. The fourth-order valence-electron chi connectivity index (χ4n) is 9.25. The van der Waals surface area contributed by atoms with Crippen LogP contribution in [-0.4, -0.2) is 64.1 Å². The molecule has 0 unspecified atom stereocenters. The Kier molecular flexibility index (Phi) is 8.97. The maximum atomic E-state index is 15.5. The Morgan fingerprint density at radius 1 is 0.857 bits per heavy atom. The van der Waals surface area contributed by atoms with Crippen molar-refractivity contribution < 1.29 is 48.8 Å². The van der Waals surface area contributed by atoms with Crippen LogP contribution in [0, 0.1) is 23.7 Å². The first-order valence-electron chi connectivity index (χ1n) is 17.6. The number of hydrogen-bond acceptors (Lipinski definition) is 10. The van der Waals surface area contributed by atoms with E-state index in [0.717, 1.165) is 22.0 Å². The van der Waals surface area contributed by atoms with Crippen LogP contribution in [-0.2, 0) is 24.6 Å². The van der Waals surface area contributed by atoms with Gasteiger partial charge in [-0.15, -0.1) is 0 Å². The number of nitrogens with one attached hydrogen (secondary N) is 1. The van der Waals surface area contributed by atoms with Crippen LogP contribution in [0.1, 0.15) is 40.2 Å². The van der Waals surface area contributed by atoms with Gasteiger partial charge in [-0.05, 0) is 78.9 Å². The van der Waals surface area contributed by atoms with Crippen LogP contribution in [0.5, 0.6) is 23.0 Å². The average Bonchev–Trinajstić information content (AvgIpc) is 3.56. The summed E-state index contributed by atoms with van der Waals surface area (Å²) in [5, 5.41) is 33.1. The molecular formula is C41H33Cl2N3O10. The first-order valence-corrected chi connectivity index (χ1v) is 18.3. The zero-order valence-electron chi connectivity index (χ0n) is 29.7. The Balaban J connectivity index is 1.34. The van der Waals surface area contributed by atoms with E-state index in [1.54, 1.807) is 42.5 Å². The standard InChI is InChI=1S/C41H33Cl2N3O10/c1-55-22-10-6-19(7-11-22)41-27(37(50)46(40(41)54)44-29-15-8-20(42)16-28(29)43)18-26-23(35(41)34-30(47)4-3-5-32(34)56-2)13-14-25-33(26)38(51)45(36(25)49)21-9-12-24(39(52)53)31(48)17-21/h3-13,15-17,25-27,33,35,44,47-48H,14,18H2,1-2H3,(H,52,53)/t25-,26+,27-,33-,35+,41+/m0/s1. The lowest BCUT2D eigenvalue weighted by Gasteiger charge is -2.50. The number of amides is 4. The van der Waals surface area contributed by atoms with E-state index >= 15 is 4.79 Å². The number of carboxylic acids is 1. The lowest BCUT2D eigenvalue weighted by Crippen LogP contribution is -2.53. The molecule has 286 valence electrons. The largest absolute Gasteiger partial charge is 0.508 e. The number of aromatic carboxylic acids is 1. The van der Waals surface area contributed by atoms with Gasteiger partial charge in [0.25, 0.3) is 11.8 Å². The molecule has 2 aliphatic carbocycles. The predicted octanol–water partition coefficient (Wildman–Crippen LogP) is 6.31.